The SMILES string of the molecule is CCCCCCCCCCCCCCC(COC(=O)N(C)C)COP(=O)([O-])OCC[N+](C)(C)C. The molecule has 0 spiro atoms. The van der Waals surface area contributed by atoms with Crippen LogP contribution in [0.5, 0.6) is 0 Å². The summed E-state index contributed by atoms with van der Waals surface area (Å²) >= 11 is 0. The van der Waals surface area contributed by atoms with Crippen LogP contribution in [0, 0.1) is 5.92 Å². The molecule has 0 aliphatic carbocycles. The third-order valence-electron chi connectivity index (χ3n) is 5.75. The van der Waals surface area contributed by atoms with Crippen molar-refractivity contribution in [2.24, 2.45) is 5.92 Å². The number of phosphoric ester groups is 1. The molecular formula is C25H53N2O6P. The molecule has 0 rings (SSSR count). The third kappa shape index (κ3) is 21.8. The molecule has 2 unspecified atom stereocenters. The summed E-state index contributed by atoms with van der Waals surface area (Å²) in [5.41, 5.74) is 0. The number of carbonyl (C=O) groups excluding carboxylic acids is 1. The van der Waals surface area contributed by atoms with E-state index in [1.807, 2.05) is 21.1 Å². The second-order valence-electron chi connectivity index (χ2n) is 10.6. The van der Waals surface area contributed by atoms with E-state index < -0.39 is 13.9 Å². The number of quaternary nitrogens is 1. The topological polar surface area (TPSA) is 88.1 Å². The zero-order valence-electron chi connectivity index (χ0n) is 22.9. The molecule has 0 radical (unpaired) electrons. The molecule has 1 amide bonds. The fourth-order valence-corrected chi connectivity index (χ4v) is 4.24. The first-order chi connectivity index (χ1) is 16.0. The third-order valence-corrected chi connectivity index (χ3v) is 6.72. The molecule has 8 nitrogen and oxygen atoms in total. The Labute approximate surface area is 209 Å². The number of amides is 1. The molecule has 0 N–H and O–H groups in total. The van der Waals surface area contributed by atoms with Gasteiger partial charge in [-0.25, -0.2) is 4.79 Å². The Morgan fingerprint density at radius 2 is 1.35 bits per heavy atom. The van der Waals surface area contributed by atoms with E-state index in [0.29, 0.717) is 11.0 Å². The van der Waals surface area contributed by atoms with E-state index in [1.54, 1.807) is 14.1 Å². The van der Waals surface area contributed by atoms with Gasteiger partial charge in [0, 0.05) is 20.0 Å². The molecule has 34 heavy (non-hydrogen) atoms. The Hall–Kier alpha value is -0.660. The highest BCUT2D eigenvalue weighted by Gasteiger charge is 2.19. The summed E-state index contributed by atoms with van der Waals surface area (Å²) in [6, 6.07) is 0. The smallest absolute Gasteiger partial charge is 0.409 e. The summed E-state index contributed by atoms with van der Waals surface area (Å²) in [5, 5.41) is 0. The Bertz CT molecular complexity index is 554. The number of rotatable bonds is 22. The highest BCUT2D eigenvalue weighted by molar-refractivity contribution is 7.45. The van der Waals surface area contributed by atoms with Crippen LogP contribution in [0.15, 0.2) is 0 Å². The maximum Gasteiger partial charge on any atom is 0.409 e. The lowest BCUT2D eigenvalue weighted by Crippen LogP contribution is -2.37. The van der Waals surface area contributed by atoms with Gasteiger partial charge in [-0.3, -0.25) is 4.57 Å². The highest BCUT2D eigenvalue weighted by Crippen LogP contribution is 2.39. The molecule has 0 saturated heterocycles. The van der Waals surface area contributed by atoms with Crippen molar-refractivity contribution in [3.05, 3.63) is 0 Å². The zero-order valence-corrected chi connectivity index (χ0v) is 23.8. The summed E-state index contributed by atoms with van der Waals surface area (Å²) in [7, 11) is 4.74. The van der Waals surface area contributed by atoms with Gasteiger partial charge in [-0.2, -0.15) is 0 Å². The van der Waals surface area contributed by atoms with Gasteiger partial charge in [0.05, 0.1) is 34.4 Å². The van der Waals surface area contributed by atoms with Crippen LogP contribution in [0.4, 0.5) is 4.79 Å². The molecule has 0 aromatic carbocycles. The molecule has 0 aromatic heterocycles. The van der Waals surface area contributed by atoms with Crippen molar-refractivity contribution in [2.75, 3.05) is 61.6 Å². The molecule has 0 aromatic rings. The van der Waals surface area contributed by atoms with Crippen molar-refractivity contribution in [3.8, 4) is 0 Å². The van der Waals surface area contributed by atoms with Gasteiger partial charge < -0.3 is 28.1 Å². The molecule has 0 saturated carbocycles. The molecule has 9 heteroatoms. The van der Waals surface area contributed by atoms with Gasteiger partial charge in [-0.1, -0.05) is 84.0 Å². The van der Waals surface area contributed by atoms with Crippen LogP contribution in [0.3, 0.4) is 0 Å². The fraction of sp³-hybridized carbons (Fsp3) is 0.960. The Kier molecular flexibility index (Phi) is 19.1. The van der Waals surface area contributed by atoms with E-state index in [-0.39, 0.29) is 25.7 Å². The predicted octanol–water partition coefficient (Wildman–Crippen LogP) is 5.60. The van der Waals surface area contributed by atoms with Crippen molar-refractivity contribution in [1.29, 1.82) is 0 Å². The van der Waals surface area contributed by atoms with E-state index in [9.17, 15) is 14.3 Å². The first-order valence-electron chi connectivity index (χ1n) is 13.2. The first kappa shape index (κ1) is 33.3. The monoisotopic (exact) mass is 508 g/mol. The molecule has 0 aliphatic rings. The summed E-state index contributed by atoms with van der Waals surface area (Å²) in [6.07, 6.45) is 15.4. The van der Waals surface area contributed by atoms with E-state index in [2.05, 4.69) is 6.92 Å². The number of carbonyl (C=O) groups is 1. The minimum absolute atomic E-state index is 0.0378. The average molecular weight is 509 g/mol. The van der Waals surface area contributed by atoms with Crippen LogP contribution >= 0.6 is 7.82 Å². The van der Waals surface area contributed by atoms with E-state index >= 15 is 0 Å². The highest BCUT2D eigenvalue weighted by atomic mass is 31.2. The molecule has 0 fully saturated rings. The van der Waals surface area contributed by atoms with Gasteiger partial charge in [-0.15, -0.1) is 0 Å². The minimum atomic E-state index is -4.38. The van der Waals surface area contributed by atoms with Crippen molar-refractivity contribution in [3.63, 3.8) is 0 Å². The lowest BCUT2D eigenvalue weighted by molar-refractivity contribution is -0.870. The maximum atomic E-state index is 12.1. The largest absolute Gasteiger partial charge is 0.756 e. The Morgan fingerprint density at radius 1 is 0.853 bits per heavy atom. The standard InChI is InChI=1S/C25H53N2O6P/c1-7-8-9-10-11-12-13-14-15-16-17-18-19-24(22-31-25(28)26(2)3)23-33-34(29,30)32-21-20-27(4,5)6/h24H,7-23H2,1-6H3. The predicted molar refractivity (Wildman–Crippen MR) is 137 cm³/mol. The Balaban J connectivity index is 4.21. The second kappa shape index (κ2) is 19.5. The lowest BCUT2D eigenvalue weighted by Gasteiger charge is -2.28. The Morgan fingerprint density at radius 3 is 1.82 bits per heavy atom. The zero-order chi connectivity index (χ0) is 25.9. The van der Waals surface area contributed by atoms with Crippen LogP contribution in [0.25, 0.3) is 0 Å². The van der Waals surface area contributed by atoms with Crippen LogP contribution in [0.2, 0.25) is 0 Å². The molecule has 0 bridgehead atoms. The molecule has 2 atom stereocenters. The summed E-state index contributed by atoms with van der Waals surface area (Å²) < 4.78 is 28.1. The number of hydrogen-bond donors (Lipinski definition) is 0. The molecule has 0 aliphatic heterocycles. The number of unbranched alkanes of at least 4 members (excludes halogenated alkanes) is 11. The number of phosphoric acid groups is 1. The van der Waals surface area contributed by atoms with Gasteiger partial charge >= 0.3 is 6.09 Å². The van der Waals surface area contributed by atoms with Crippen molar-refractivity contribution in [2.45, 2.75) is 90.4 Å². The number of nitrogens with zero attached hydrogens (tertiary/aromatic N) is 2. The van der Waals surface area contributed by atoms with Crippen molar-refractivity contribution in [1.82, 2.24) is 4.90 Å². The maximum absolute atomic E-state index is 12.1. The lowest BCUT2D eigenvalue weighted by atomic mass is 10.0. The van der Waals surface area contributed by atoms with E-state index in [4.69, 9.17) is 13.8 Å². The number of ether oxygens (including phenoxy) is 1. The van der Waals surface area contributed by atoms with Crippen LogP contribution < -0.4 is 4.89 Å². The van der Waals surface area contributed by atoms with E-state index in [1.165, 1.54) is 69.1 Å². The van der Waals surface area contributed by atoms with Crippen molar-refractivity contribution >= 4 is 13.9 Å². The second-order valence-corrected chi connectivity index (χ2v) is 12.0. The van der Waals surface area contributed by atoms with Crippen LogP contribution in [0.1, 0.15) is 90.4 Å². The summed E-state index contributed by atoms with van der Waals surface area (Å²) in [6.45, 7) is 2.97. The number of hydrogen-bond acceptors (Lipinski definition) is 6. The van der Waals surface area contributed by atoms with Gasteiger partial charge in [0.1, 0.15) is 13.2 Å². The quantitative estimate of drug-likeness (QED) is 0.107. The number of likely N-dealkylation sites (N-methyl/N-ethyl adjacent to an activating group) is 1. The molecule has 0 heterocycles. The summed E-state index contributed by atoms with van der Waals surface area (Å²) in [4.78, 5) is 25.2. The normalized spacial score (nSPS) is 14.6. The van der Waals surface area contributed by atoms with Gasteiger partial charge in [0.2, 0.25) is 0 Å². The van der Waals surface area contributed by atoms with Crippen molar-refractivity contribution < 1.29 is 32.5 Å². The fourth-order valence-electron chi connectivity index (χ4n) is 3.47. The molecule has 204 valence electrons. The average Bonchev–Trinajstić information content (AvgIpc) is 2.74. The van der Waals surface area contributed by atoms with E-state index in [0.717, 1.165) is 19.3 Å². The minimum Gasteiger partial charge on any atom is -0.756 e. The van der Waals surface area contributed by atoms with Crippen LogP contribution in [-0.4, -0.2) is 77.1 Å². The van der Waals surface area contributed by atoms with Gasteiger partial charge in [0.15, 0.2) is 0 Å². The molecular weight excluding hydrogens is 455 g/mol. The van der Waals surface area contributed by atoms with Crippen LogP contribution in [-0.2, 0) is 18.3 Å². The first-order valence-corrected chi connectivity index (χ1v) is 14.7. The summed E-state index contributed by atoms with van der Waals surface area (Å²) in [5.74, 6) is -0.184. The van der Waals surface area contributed by atoms with Gasteiger partial charge in [-0.05, 0) is 6.42 Å². The van der Waals surface area contributed by atoms with Gasteiger partial charge in [0.25, 0.3) is 7.82 Å².